The van der Waals surface area contributed by atoms with E-state index in [-0.39, 0.29) is 17.5 Å². The van der Waals surface area contributed by atoms with E-state index in [0.29, 0.717) is 18.0 Å². The topological polar surface area (TPSA) is 84.1 Å². The summed E-state index contributed by atoms with van der Waals surface area (Å²) in [6.07, 6.45) is 0.0944. The lowest BCUT2D eigenvalue weighted by Crippen LogP contribution is -2.29. The predicted octanol–water partition coefficient (Wildman–Crippen LogP) is 0.730. The fourth-order valence-electron chi connectivity index (χ4n) is 1.48. The van der Waals surface area contributed by atoms with E-state index in [1.807, 2.05) is 13.8 Å². The molecular weight excluding hydrogens is 242 g/mol. The van der Waals surface area contributed by atoms with Gasteiger partial charge in [0.1, 0.15) is 4.90 Å². The summed E-state index contributed by atoms with van der Waals surface area (Å²) in [5, 5.41) is 6.51. The monoisotopic (exact) mass is 261 g/mol. The molecule has 0 radical (unpaired) electrons. The second-order valence-corrected chi connectivity index (χ2v) is 5.78. The highest BCUT2D eigenvalue weighted by Gasteiger charge is 2.21. The maximum atomic E-state index is 12.0. The highest BCUT2D eigenvalue weighted by Crippen LogP contribution is 2.15. The lowest BCUT2D eigenvalue weighted by molar-refractivity contribution is 0.0834. The Kier molecular flexibility index (Phi) is 4.67. The van der Waals surface area contributed by atoms with Crippen LogP contribution < -0.4 is 4.72 Å². The fourth-order valence-corrected chi connectivity index (χ4v) is 2.86. The van der Waals surface area contributed by atoms with E-state index in [9.17, 15) is 8.42 Å². The van der Waals surface area contributed by atoms with Gasteiger partial charge in [-0.15, -0.1) is 0 Å². The van der Waals surface area contributed by atoms with Crippen LogP contribution in [0.15, 0.2) is 4.90 Å². The van der Waals surface area contributed by atoms with Crippen molar-refractivity contribution in [3.63, 3.8) is 0 Å². The van der Waals surface area contributed by atoms with E-state index in [0.717, 1.165) is 0 Å². The van der Waals surface area contributed by atoms with Gasteiger partial charge in [0.25, 0.3) is 0 Å². The summed E-state index contributed by atoms with van der Waals surface area (Å²) < 4.78 is 31.7. The molecule has 1 rings (SSSR count). The largest absolute Gasteiger partial charge is 0.377 e. The first-order valence-corrected chi connectivity index (χ1v) is 6.95. The van der Waals surface area contributed by atoms with Crippen molar-refractivity contribution < 1.29 is 13.2 Å². The Balaban J connectivity index is 2.64. The molecule has 7 heteroatoms. The second kappa shape index (κ2) is 5.61. The molecule has 6 nitrogen and oxygen atoms in total. The number of rotatable bonds is 6. The van der Waals surface area contributed by atoms with Gasteiger partial charge in [-0.25, -0.2) is 13.1 Å². The maximum absolute atomic E-state index is 12.0. The van der Waals surface area contributed by atoms with Crippen molar-refractivity contribution in [2.24, 2.45) is 0 Å². The first-order valence-electron chi connectivity index (χ1n) is 5.47. The van der Waals surface area contributed by atoms with Crippen molar-refractivity contribution in [2.75, 3.05) is 13.2 Å². The number of hydrogen-bond donors (Lipinski definition) is 2. The Morgan fingerprint density at radius 2 is 2.06 bits per heavy atom. The molecule has 1 aromatic rings. The minimum absolute atomic E-state index is 0.0944. The number of aryl methyl sites for hydroxylation is 2. The van der Waals surface area contributed by atoms with Gasteiger partial charge in [0.15, 0.2) is 0 Å². The molecule has 98 valence electrons. The average molecular weight is 261 g/mol. The third-order valence-corrected chi connectivity index (χ3v) is 3.90. The molecular formula is C10H19N3O3S. The van der Waals surface area contributed by atoms with Gasteiger partial charge < -0.3 is 4.74 Å². The van der Waals surface area contributed by atoms with Crippen molar-refractivity contribution in [1.29, 1.82) is 0 Å². The Morgan fingerprint density at radius 3 is 2.53 bits per heavy atom. The summed E-state index contributed by atoms with van der Waals surface area (Å²) in [4.78, 5) is 0.224. The molecule has 1 aromatic heterocycles. The standard InChI is InChI=1S/C10H19N3O3S/c1-7(2)16-6-5-11-17(14,15)10-8(3)12-13-9(10)4/h7,11H,5-6H2,1-4H3,(H,12,13). The molecule has 0 saturated carbocycles. The summed E-state index contributed by atoms with van der Waals surface area (Å²) in [6, 6.07) is 0. The van der Waals surface area contributed by atoms with Gasteiger partial charge in [0.05, 0.1) is 24.1 Å². The second-order valence-electron chi connectivity index (χ2n) is 4.08. The van der Waals surface area contributed by atoms with Crippen LogP contribution in [0.2, 0.25) is 0 Å². The molecule has 0 spiro atoms. The molecule has 0 aliphatic rings. The molecule has 0 amide bonds. The molecule has 0 fully saturated rings. The normalized spacial score (nSPS) is 12.3. The molecule has 1 heterocycles. The molecule has 0 unspecified atom stereocenters. The van der Waals surface area contributed by atoms with Gasteiger partial charge in [-0.05, 0) is 27.7 Å². The van der Waals surface area contributed by atoms with Crippen molar-refractivity contribution in [3.05, 3.63) is 11.4 Å². The molecule has 0 bridgehead atoms. The Bertz CT molecular complexity index is 446. The van der Waals surface area contributed by atoms with Crippen LogP contribution >= 0.6 is 0 Å². The number of ether oxygens (including phenoxy) is 1. The summed E-state index contributed by atoms with van der Waals surface area (Å²) in [5.74, 6) is 0. The van der Waals surface area contributed by atoms with E-state index in [4.69, 9.17) is 4.74 Å². The predicted molar refractivity (Wildman–Crippen MR) is 64.3 cm³/mol. The Hall–Kier alpha value is -0.920. The van der Waals surface area contributed by atoms with Crippen molar-refractivity contribution in [3.8, 4) is 0 Å². The lowest BCUT2D eigenvalue weighted by Gasteiger charge is -2.09. The van der Waals surface area contributed by atoms with Gasteiger partial charge in [-0.2, -0.15) is 5.10 Å². The SMILES string of the molecule is Cc1n[nH]c(C)c1S(=O)(=O)NCCOC(C)C. The highest BCUT2D eigenvalue weighted by molar-refractivity contribution is 7.89. The Morgan fingerprint density at radius 1 is 1.41 bits per heavy atom. The zero-order chi connectivity index (χ0) is 13.1. The summed E-state index contributed by atoms with van der Waals surface area (Å²) in [6.45, 7) is 7.75. The minimum Gasteiger partial charge on any atom is -0.377 e. The van der Waals surface area contributed by atoms with Crippen LogP contribution in [0.5, 0.6) is 0 Å². The van der Waals surface area contributed by atoms with Crippen molar-refractivity contribution >= 4 is 10.0 Å². The van der Waals surface area contributed by atoms with E-state index in [1.54, 1.807) is 13.8 Å². The van der Waals surface area contributed by atoms with Gasteiger partial charge >= 0.3 is 0 Å². The minimum atomic E-state index is -3.50. The third-order valence-electron chi connectivity index (χ3n) is 2.17. The quantitative estimate of drug-likeness (QED) is 0.739. The molecule has 0 saturated heterocycles. The summed E-state index contributed by atoms with van der Waals surface area (Å²) in [7, 11) is -3.50. The number of nitrogens with zero attached hydrogens (tertiary/aromatic N) is 1. The highest BCUT2D eigenvalue weighted by atomic mass is 32.2. The number of hydrogen-bond acceptors (Lipinski definition) is 4. The van der Waals surface area contributed by atoms with Crippen molar-refractivity contribution in [2.45, 2.75) is 38.7 Å². The first kappa shape index (κ1) is 14.1. The summed E-state index contributed by atoms with van der Waals surface area (Å²) >= 11 is 0. The van der Waals surface area contributed by atoms with Crippen molar-refractivity contribution in [1.82, 2.24) is 14.9 Å². The first-order chi connectivity index (χ1) is 7.84. The smallest absolute Gasteiger partial charge is 0.244 e. The molecule has 17 heavy (non-hydrogen) atoms. The van der Waals surface area contributed by atoms with Gasteiger partial charge in [-0.3, -0.25) is 5.10 Å². The number of nitrogens with one attached hydrogen (secondary N) is 2. The van der Waals surface area contributed by atoms with E-state index >= 15 is 0 Å². The summed E-state index contributed by atoms with van der Waals surface area (Å²) in [5.41, 5.74) is 1.01. The van der Waals surface area contributed by atoms with Crippen LogP contribution in [0.1, 0.15) is 25.2 Å². The number of sulfonamides is 1. The Labute approximate surface area is 102 Å². The third kappa shape index (κ3) is 3.79. The van der Waals surface area contributed by atoms with E-state index < -0.39 is 10.0 Å². The zero-order valence-electron chi connectivity index (χ0n) is 10.6. The molecule has 2 N–H and O–H groups in total. The van der Waals surface area contributed by atoms with Crippen LogP contribution in [0.3, 0.4) is 0 Å². The molecule has 0 aromatic carbocycles. The van der Waals surface area contributed by atoms with E-state index in [1.165, 1.54) is 0 Å². The molecule has 0 aliphatic carbocycles. The molecule has 0 atom stereocenters. The number of H-pyrrole nitrogens is 1. The maximum Gasteiger partial charge on any atom is 0.244 e. The van der Waals surface area contributed by atoms with Crippen LogP contribution in [-0.4, -0.2) is 37.9 Å². The van der Waals surface area contributed by atoms with E-state index in [2.05, 4.69) is 14.9 Å². The van der Waals surface area contributed by atoms with Crippen LogP contribution in [0, 0.1) is 13.8 Å². The van der Waals surface area contributed by atoms with Crippen LogP contribution in [0.25, 0.3) is 0 Å². The number of aromatic amines is 1. The van der Waals surface area contributed by atoms with Crippen LogP contribution in [-0.2, 0) is 14.8 Å². The van der Waals surface area contributed by atoms with Gasteiger partial charge in [0, 0.05) is 6.54 Å². The number of aromatic nitrogens is 2. The van der Waals surface area contributed by atoms with Gasteiger partial charge in [0.2, 0.25) is 10.0 Å². The zero-order valence-corrected chi connectivity index (χ0v) is 11.4. The fraction of sp³-hybridized carbons (Fsp3) is 0.700. The molecule has 0 aliphatic heterocycles. The average Bonchev–Trinajstić information content (AvgIpc) is 2.53. The van der Waals surface area contributed by atoms with Gasteiger partial charge in [-0.1, -0.05) is 0 Å². The van der Waals surface area contributed by atoms with Crippen LogP contribution in [0.4, 0.5) is 0 Å². The lowest BCUT2D eigenvalue weighted by atomic mass is 10.4.